The summed E-state index contributed by atoms with van der Waals surface area (Å²) in [7, 11) is 0. The van der Waals surface area contributed by atoms with Gasteiger partial charge in [-0.3, -0.25) is 0 Å². The van der Waals surface area contributed by atoms with Gasteiger partial charge in [0.15, 0.2) is 5.15 Å². The first-order chi connectivity index (χ1) is 8.08. The van der Waals surface area contributed by atoms with Crippen molar-refractivity contribution in [2.45, 2.75) is 26.3 Å². The van der Waals surface area contributed by atoms with E-state index in [4.69, 9.17) is 23.2 Å². The fourth-order valence-corrected chi connectivity index (χ4v) is 2.00. The normalized spacial score (nSPS) is 11.1. The summed E-state index contributed by atoms with van der Waals surface area (Å²) < 4.78 is 1.84. The van der Waals surface area contributed by atoms with Gasteiger partial charge in [-0.05, 0) is 17.0 Å². The fraction of sp³-hybridized carbons (Fsp3) is 0.308. The van der Waals surface area contributed by atoms with Gasteiger partial charge in [0.1, 0.15) is 5.15 Å². The van der Waals surface area contributed by atoms with Gasteiger partial charge in [-0.15, -0.1) is 0 Å². The predicted octanol–water partition coefficient (Wildman–Crippen LogP) is 4.36. The average molecular weight is 269 g/mol. The number of nitrogens with zero attached hydrogens (tertiary/aromatic N) is 2. The van der Waals surface area contributed by atoms with E-state index in [1.54, 1.807) is 6.33 Å². The molecule has 2 aromatic rings. The highest BCUT2D eigenvalue weighted by molar-refractivity contribution is 6.40. The van der Waals surface area contributed by atoms with Crippen molar-refractivity contribution in [2.24, 2.45) is 0 Å². The van der Waals surface area contributed by atoms with E-state index in [0.29, 0.717) is 22.8 Å². The zero-order valence-corrected chi connectivity index (χ0v) is 11.3. The lowest BCUT2D eigenvalue weighted by Gasteiger charge is -2.09. The summed E-state index contributed by atoms with van der Waals surface area (Å²) >= 11 is 11.8. The molecule has 0 fully saturated rings. The predicted molar refractivity (Wildman–Crippen MR) is 71.9 cm³/mol. The van der Waals surface area contributed by atoms with Crippen molar-refractivity contribution in [3.05, 3.63) is 52.0 Å². The van der Waals surface area contributed by atoms with Gasteiger partial charge in [0.2, 0.25) is 0 Å². The van der Waals surface area contributed by atoms with Gasteiger partial charge in [0, 0.05) is 6.54 Å². The van der Waals surface area contributed by atoms with E-state index in [-0.39, 0.29) is 0 Å². The molecule has 0 bridgehead atoms. The molecule has 0 spiro atoms. The molecular formula is C13H14Cl2N2. The highest BCUT2D eigenvalue weighted by Gasteiger charge is 2.07. The van der Waals surface area contributed by atoms with E-state index in [1.165, 1.54) is 11.1 Å². The highest BCUT2D eigenvalue weighted by Crippen LogP contribution is 2.22. The van der Waals surface area contributed by atoms with Gasteiger partial charge in [0.05, 0.1) is 6.33 Å². The third kappa shape index (κ3) is 2.82. The SMILES string of the molecule is CC(C)c1cccc(Cn2cnc(Cl)c2Cl)c1. The monoisotopic (exact) mass is 268 g/mol. The molecule has 2 rings (SSSR count). The van der Waals surface area contributed by atoms with Crippen molar-refractivity contribution in [1.82, 2.24) is 9.55 Å². The van der Waals surface area contributed by atoms with Gasteiger partial charge < -0.3 is 4.57 Å². The smallest absolute Gasteiger partial charge is 0.166 e. The maximum absolute atomic E-state index is 6.03. The van der Waals surface area contributed by atoms with E-state index in [1.807, 2.05) is 4.57 Å². The molecule has 0 saturated carbocycles. The van der Waals surface area contributed by atoms with Crippen LogP contribution in [0.1, 0.15) is 30.9 Å². The molecule has 0 radical (unpaired) electrons. The first-order valence-electron chi connectivity index (χ1n) is 5.53. The molecule has 0 unspecified atom stereocenters. The molecule has 1 aromatic carbocycles. The average Bonchev–Trinajstić information content (AvgIpc) is 2.61. The number of rotatable bonds is 3. The third-order valence-corrected chi connectivity index (χ3v) is 3.47. The summed E-state index contributed by atoms with van der Waals surface area (Å²) in [5, 5.41) is 0.841. The minimum atomic E-state index is 0.353. The molecule has 17 heavy (non-hydrogen) atoms. The summed E-state index contributed by atoms with van der Waals surface area (Å²) in [6, 6.07) is 8.47. The first kappa shape index (κ1) is 12.5. The molecule has 4 heteroatoms. The second kappa shape index (κ2) is 5.11. The maximum Gasteiger partial charge on any atom is 0.166 e. The zero-order chi connectivity index (χ0) is 12.4. The van der Waals surface area contributed by atoms with Crippen molar-refractivity contribution >= 4 is 23.2 Å². The Balaban J connectivity index is 2.24. The Hall–Kier alpha value is -0.990. The molecule has 0 saturated heterocycles. The summed E-state index contributed by atoms with van der Waals surface area (Å²) in [4.78, 5) is 3.97. The van der Waals surface area contributed by atoms with Crippen molar-refractivity contribution in [1.29, 1.82) is 0 Å². The van der Waals surface area contributed by atoms with Crippen molar-refractivity contribution in [2.75, 3.05) is 0 Å². The van der Waals surface area contributed by atoms with Crippen LogP contribution in [0.5, 0.6) is 0 Å². The van der Waals surface area contributed by atoms with Crippen molar-refractivity contribution in [3.8, 4) is 0 Å². The number of benzene rings is 1. The fourth-order valence-electron chi connectivity index (χ4n) is 1.70. The van der Waals surface area contributed by atoms with Crippen LogP contribution in [0.4, 0.5) is 0 Å². The second-order valence-corrected chi connectivity index (χ2v) is 5.07. The van der Waals surface area contributed by atoms with E-state index < -0.39 is 0 Å². The van der Waals surface area contributed by atoms with Crippen LogP contribution in [0.2, 0.25) is 10.3 Å². The molecule has 90 valence electrons. The van der Waals surface area contributed by atoms with Gasteiger partial charge in [0.25, 0.3) is 0 Å². The summed E-state index contributed by atoms with van der Waals surface area (Å²) in [6.07, 6.45) is 1.66. The molecular weight excluding hydrogens is 255 g/mol. The van der Waals surface area contributed by atoms with Crippen LogP contribution in [-0.4, -0.2) is 9.55 Å². The summed E-state index contributed by atoms with van der Waals surface area (Å²) in [6.45, 7) is 5.06. The van der Waals surface area contributed by atoms with Gasteiger partial charge in [-0.25, -0.2) is 4.98 Å². The van der Waals surface area contributed by atoms with Crippen LogP contribution in [0.25, 0.3) is 0 Å². The lowest BCUT2D eigenvalue weighted by molar-refractivity contribution is 0.790. The molecule has 0 atom stereocenters. The summed E-state index contributed by atoms with van der Waals surface area (Å²) in [5.41, 5.74) is 2.53. The molecule has 2 nitrogen and oxygen atoms in total. The quantitative estimate of drug-likeness (QED) is 0.809. The van der Waals surface area contributed by atoms with Crippen molar-refractivity contribution in [3.63, 3.8) is 0 Å². The van der Waals surface area contributed by atoms with Crippen LogP contribution < -0.4 is 0 Å². The largest absolute Gasteiger partial charge is 0.316 e. The molecule has 1 heterocycles. The van der Waals surface area contributed by atoms with E-state index in [2.05, 4.69) is 43.1 Å². The Kier molecular flexibility index (Phi) is 3.75. The molecule has 0 aliphatic heterocycles. The van der Waals surface area contributed by atoms with Crippen LogP contribution in [0.15, 0.2) is 30.6 Å². The van der Waals surface area contributed by atoms with Gasteiger partial charge in [-0.1, -0.05) is 61.3 Å². The van der Waals surface area contributed by atoms with E-state index >= 15 is 0 Å². The Morgan fingerprint density at radius 3 is 2.65 bits per heavy atom. The molecule has 0 N–H and O–H groups in total. The second-order valence-electron chi connectivity index (χ2n) is 4.35. The number of halogens is 2. The lowest BCUT2D eigenvalue weighted by atomic mass is 10.0. The third-order valence-electron chi connectivity index (χ3n) is 2.70. The number of hydrogen-bond acceptors (Lipinski definition) is 1. The summed E-state index contributed by atoms with van der Waals surface area (Å²) in [5.74, 6) is 0.525. The minimum absolute atomic E-state index is 0.353. The van der Waals surface area contributed by atoms with Crippen LogP contribution >= 0.6 is 23.2 Å². The first-order valence-corrected chi connectivity index (χ1v) is 6.28. The Morgan fingerprint density at radius 2 is 2.06 bits per heavy atom. The molecule has 0 aliphatic rings. The minimum Gasteiger partial charge on any atom is -0.316 e. The Labute approximate surface area is 111 Å². The number of aromatic nitrogens is 2. The van der Waals surface area contributed by atoms with Gasteiger partial charge >= 0.3 is 0 Å². The molecule has 0 amide bonds. The highest BCUT2D eigenvalue weighted by atomic mass is 35.5. The van der Waals surface area contributed by atoms with Crippen LogP contribution in [0, 0.1) is 0 Å². The molecule has 1 aromatic heterocycles. The maximum atomic E-state index is 6.03. The topological polar surface area (TPSA) is 17.8 Å². The van der Waals surface area contributed by atoms with E-state index in [0.717, 1.165) is 0 Å². The zero-order valence-electron chi connectivity index (χ0n) is 9.82. The Morgan fingerprint density at radius 1 is 1.29 bits per heavy atom. The number of imidazole rings is 1. The number of hydrogen-bond donors (Lipinski definition) is 0. The molecule has 0 aliphatic carbocycles. The van der Waals surface area contributed by atoms with Crippen molar-refractivity contribution < 1.29 is 0 Å². The standard InChI is InChI=1S/C13H14Cl2N2/c1-9(2)11-5-3-4-10(6-11)7-17-8-16-12(14)13(17)15/h3-6,8-9H,7H2,1-2H3. The Bertz CT molecular complexity index is 518. The van der Waals surface area contributed by atoms with Gasteiger partial charge in [-0.2, -0.15) is 0 Å². The van der Waals surface area contributed by atoms with Crippen LogP contribution in [0.3, 0.4) is 0 Å². The van der Waals surface area contributed by atoms with Crippen LogP contribution in [-0.2, 0) is 6.54 Å². The lowest BCUT2D eigenvalue weighted by Crippen LogP contribution is -1.99. The van der Waals surface area contributed by atoms with E-state index in [9.17, 15) is 0 Å².